The Labute approximate surface area is 146 Å². The van der Waals surface area contributed by atoms with E-state index in [1.165, 1.54) is 0 Å². The number of amides is 1. The molecule has 0 fully saturated rings. The first kappa shape index (κ1) is 18.3. The number of hydrogen-bond donors (Lipinski definition) is 1. The normalized spacial score (nSPS) is 11.3. The number of carbonyl (C=O) groups excluding carboxylic acids is 2. The summed E-state index contributed by atoms with van der Waals surface area (Å²) in [5, 5.41) is 2.78. The molecule has 0 saturated carbocycles. The Hall–Kier alpha value is -3.02. The molecule has 2 aromatic rings. The third-order valence-corrected chi connectivity index (χ3v) is 3.65. The van der Waals surface area contributed by atoms with E-state index in [9.17, 15) is 9.59 Å². The Kier molecular flexibility index (Phi) is 6.39. The Balaban J connectivity index is 1.83. The molecule has 6 heteroatoms. The second-order valence-electron chi connectivity index (χ2n) is 5.37. The van der Waals surface area contributed by atoms with E-state index in [4.69, 9.17) is 14.2 Å². The molecular weight excluding hydrogens is 322 g/mol. The minimum atomic E-state index is -0.560. The van der Waals surface area contributed by atoms with Crippen LogP contribution in [0.4, 0.5) is 0 Å². The second-order valence-corrected chi connectivity index (χ2v) is 5.37. The lowest BCUT2D eigenvalue weighted by Crippen LogP contribution is -2.31. The van der Waals surface area contributed by atoms with Crippen molar-refractivity contribution >= 4 is 11.9 Å². The van der Waals surface area contributed by atoms with E-state index < -0.39 is 5.97 Å². The van der Waals surface area contributed by atoms with E-state index >= 15 is 0 Å². The standard InChI is InChI=1S/C19H21NO5/c1-13(14-4-8-16(23-2)9-5-14)20-18(21)12-25-19(22)15-6-10-17(24-3)11-7-15/h4-11,13H,12H2,1-3H3,(H,20,21). The van der Waals surface area contributed by atoms with Crippen LogP contribution in [0.2, 0.25) is 0 Å². The van der Waals surface area contributed by atoms with Crippen molar-refractivity contribution in [1.29, 1.82) is 0 Å². The first-order chi connectivity index (χ1) is 12.0. The van der Waals surface area contributed by atoms with Crippen molar-refractivity contribution in [1.82, 2.24) is 5.32 Å². The van der Waals surface area contributed by atoms with Crippen LogP contribution < -0.4 is 14.8 Å². The van der Waals surface area contributed by atoms with Crippen LogP contribution in [0.3, 0.4) is 0 Å². The summed E-state index contributed by atoms with van der Waals surface area (Å²) < 4.78 is 15.1. The highest BCUT2D eigenvalue weighted by atomic mass is 16.5. The van der Waals surface area contributed by atoms with Crippen LogP contribution in [-0.2, 0) is 9.53 Å². The molecule has 0 aliphatic heterocycles. The highest BCUT2D eigenvalue weighted by molar-refractivity contribution is 5.91. The van der Waals surface area contributed by atoms with E-state index in [0.717, 1.165) is 11.3 Å². The first-order valence-electron chi connectivity index (χ1n) is 7.78. The van der Waals surface area contributed by atoms with Gasteiger partial charge in [-0.25, -0.2) is 4.79 Å². The minimum absolute atomic E-state index is 0.210. The summed E-state index contributed by atoms with van der Waals surface area (Å²) in [7, 11) is 3.14. The van der Waals surface area contributed by atoms with Crippen molar-refractivity contribution < 1.29 is 23.8 Å². The number of ether oxygens (including phenoxy) is 3. The van der Waals surface area contributed by atoms with Crippen molar-refractivity contribution in [3.63, 3.8) is 0 Å². The Morgan fingerprint density at radius 1 is 0.920 bits per heavy atom. The van der Waals surface area contributed by atoms with Crippen LogP contribution >= 0.6 is 0 Å². The van der Waals surface area contributed by atoms with E-state index in [1.807, 2.05) is 31.2 Å². The minimum Gasteiger partial charge on any atom is -0.497 e. The summed E-state index contributed by atoms with van der Waals surface area (Å²) in [4.78, 5) is 23.9. The van der Waals surface area contributed by atoms with Crippen molar-refractivity contribution in [2.75, 3.05) is 20.8 Å². The van der Waals surface area contributed by atoms with Gasteiger partial charge in [-0.2, -0.15) is 0 Å². The van der Waals surface area contributed by atoms with Gasteiger partial charge in [0.25, 0.3) is 5.91 Å². The molecule has 132 valence electrons. The number of carbonyl (C=O) groups is 2. The van der Waals surface area contributed by atoms with Gasteiger partial charge in [0, 0.05) is 0 Å². The van der Waals surface area contributed by atoms with Crippen molar-refractivity contribution in [2.24, 2.45) is 0 Å². The smallest absolute Gasteiger partial charge is 0.338 e. The van der Waals surface area contributed by atoms with Gasteiger partial charge in [0.1, 0.15) is 11.5 Å². The van der Waals surface area contributed by atoms with E-state index in [0.29, 0.717) is 11.3 Å². The predicted molar refractivity (Wildman–Crippen MR) is 92.8 cm³/mol. The Morgan fingerprint density at radius 2 is 1.44 bits per heavy atom. The average Bonchev–Trinajstić information content (AvgIpc) is 2.66. The van der Waals surface area contributed by atoms with Gasteiger partial charge in [-0.3, -0.25) is 4.79 Å². The van der Waals surface area contributed by atoms with Crippen LogP contribution in [0.5, 0.6) is 11.5 Å². The van der Waals surface area contributed by atoms with Crippen LogP contribution in [0, 0.1) is 0 Å². The maximum absolute atomic E-state index is 12.0. The van der Waals surface area contributed by atoms with Crippen LogP contribution in [0.1, 0.15) is 28.9 Å². The number of hydrogen-bond acceptors (Lipinski definition) is 5. The average molecular weight is 343 g/mol. The van der Waals surface area contributed by atoms with Crippen LogP contribution in [0.25, 0.3) is 0 Å². The molecule has 1 unspecified atom stereocenters. The van der Waals surface area contributed by atoms with Gasteiger partial charge in [-0.05, 0) is 48.9 Å². The number of rotatable bonds is 7. The van der Waals surface area contributed by atoms with Gasteiger partial charge in [0.15, 0.2) is 6.61 Å². The van der Waals surface area contributed by atoms with Crippen LogP contribution in [-0.4, -0.2) is 32.7 Å². The lowest BCUT2D eigenvalue weighted by atomic mass is 10.1. The number of nitrogens with one attached hydrogen (secondary N) is 1. The molecular formula is C19H21NO5. The van der Waals surface area contributed by atoms with Gasteiger partial charge in [-0.15, -0.1) is 0 Å². The maximum Gasteiger partial charge on any atom is 0.338 e. The number of benzene rings is 2. The lowest BCUT2D eigenvalue weighted by molar-refractivity contribution is -0.124. The molecule has 25 heavy (non-hydrogen) atoms. The monoisotopic (exact) mass is 343 g/mol. The fourth-order valence-corrected chi connectivity index (χ4v) is 2.20. The molecule has 0 radical (unpaired) electrons. The molecule has 2 rings (SSSR count). The molecule has 0 spiro atoms. The highest BCUT2D eigenvalue weighted by Gasteiger charge is 2.13. The van der Waals surface area contributed by atoms with Crippen molar-refractivity contribution in [3.05, 3.63) is 59.7 Å². The zero-order chi connectivity index (χ0) is 18.2. The summed E-state index contributed by atoms with van der Waals surface area (Å²) in [6.07, 6.45) is 0. The Morgan fingerprint density at radius 3 is 1.96 bits per heavy atom. The summed E-state index contributed by atoms with van der Waals surface area (Å²) >= 11 is 0. The molecule has 1 atom stereocenters. The SMILES string of the molecule is COc1ccc(C(=O)OCC(=O)NC(C)c2ccc(OC)cc2)cc1. The molecule has 0 aliphatic carbocycles. The van der Waals surface area contributed by atoms with E-state index in [2.05, 4.69) is 5.32 Å². The van der Waals surface area contributed by atoms with Gasteiger partial charge >= 0.3 is 5.97 Å². The Bertz CT molecular complexity index is 710. The molecule has 1 amide bonds. The molecule has 6 nitrogen and oxygen atoms in total. The predicted octanol–water partition coefficient (Wildman–Crippen LogP) is 2.74. The summed E-state index contributed by atoms with van der Waals surface area (Å²) in [6, 6.07) is 13.6. The quantitative estimate of drug-likeness (QED) is 0.783. The number of esters is 1. The topological polar surface area (TPSA) is 73.9 Å². The molecule has 0 saturated heterocycles. The molecule has 0 aliphatic rings. The fourth-order valence-electron chi connectivity index (χ4n) is 2.20. The molecule has 0 bridgehead atoms. The summed E-state index contributed by atoms with van der Waals surface area (Å²) in [5.41, 5.74) is 1.28. The second kappa shape index (κ2) is 8.73. The van der Waals surface area contributed by atoms with Gasteiger partial charge < -0.3 is 19.5 Å². The van der Waals surface area contributed by atoms with E-state index in [-0.39, 0.29) is 18.6 Å². The largest absolute Gasteiger partial charge is 0.497 e. The number of methoxy groups -OCH3 is 2. The zero-order valence-corrected chi connectivity index (χ0v) is 14.4. The molecule has 1 N–H and O–H groups in total. The fraction of sp³-hybridized carbons (Fsp3) is 0.263. The summed E-state index contributed by atoms with van der Waals surface area (Å²) in [5.74, 6) is 0.457. The molecule has 2 aromatic carbocycles. The third-order valence-electron chi connectivity index (χ3n) is 3.65. The van der Waals surface area contributed by atoms with Crippen LogP contribution in [0.15, 0.2) is 48.5 Å². The van der Waals surface area contributed by atoms with Crippen molar-refractivity contribution in [2.45, 2.75) is 13.0 Å². The summed E-state index contributed by atoms with van der Waals surface area (Å²) in [6.45, 7) is 1.51. The highest BCUT2D eigenvalue weighted by Crippen LogP contribution is 2.17. The molecule has 0 heterocycles. The third kappa shape index (κ3) is 5.24. The lowest BCUT2D eigenvalue weighted by Gasteiger charge is -2.15. The molecule has 0 aromatic heterocycles. The first-order valence-corrected chi connectivity index (χ1v) is 7.78. The van der Waals surface area contributed by atoms with Crippen molar-refractivity contribution in [3.8, 4) is 11.5 Å². The van der Waals surface area contributed by atoms with E-state index in [1.54, 1.807) is 38.5 Å². The zero-order valence-electron chi connectivity index (χ0n) is 14.4. The van der Waals surface area contributed by atoms with Gasteiger partial charge in [0.2, 0.25) is 0 Å². The van der Waals surface area contributed by atoms with Gasteiger partial charge in [-0.1, -0.05) is 12.1 Å². The van der Waals surface area contributed by atoms with Gasteiger partial charge in [0.05, 0.1) is 25.8 Å². The maximum atomic E-state index is 12.0.